The molecular weight excluding hydrogens is 336 g/mol. The van der Waals surface area contributed by atoms with E-state index in [1.807, 2.05) is 33.0 Å². The molecule has 2 heterocycles. The number of carbonyl (C=O) groups excluding carboxylic acids is 1. The van der Waals surface area contributed by atoms with Crippen LogP contribution >= 0.6 is 0 Å². The molecule has 0 unspecified atom stereocenters. The van der Waals surface area contributed by atoms with Crippen LogP contribution in [0.25, 0.3) is 0 Å². The van der Waals surface area contributed by atoms with Gasteiger partial charge in [-0.3, -0.25) is 4.79 Å². The normalized spacial score (nSPS) is 15.0. The third kappa shape index (κ3) is 4.59. The average molecular weight is 367 g/mol. The van der Waals surface area contributed by atoms with Crippen molar-refractivity contribution in [1.29, 1.82) is 0 Å². The van der Waals surface area contributed by atoms with Crippen molar-refractivity contribution in [3.63, 3.8) is 0 Å². The van der Waals surface area contributed by atoms with Crippen molar-refractivity contribution in [2.24, 2.45) is 5.41 Å². The van der Waals surface area contributed by atoms with E-state index < -0.39 is 0 Å². The molecule has 5 heteroatoms. The maximum Gasteiger partial charge on any atom is 0.225 e. The number of nitrogens with zero attached hydrogens (tertiary/aromatic N) is 3. The molecule has 0 atom stereocenters. The predicted molar refractivity (Wildman–Crippen MR) is 111 cm³/mol. The highest BCUT2D eigenvalue weighted by molar-refractivity contribution is 5.81. The molecule has 1 N–H and O–H groups in total. The van der Waals surface area contributed by atoms with Gasteiger partial charge >= 0.3 is 0 Å². The number of aromatic nitrogens is 1. The van der Waals surface area contributed by atoms with Gasteiger partial charge in [-0.25, -0.2) is 4.98 Å². The summed E-state index contributed by atoms with van der Waals surface area (Å²) in [7, 11) is 0. The van der Waals surface area contributed by atoms with Gasteiger partial charge in [-0.05, 0) is 24.6 Å². The van der Waals surface area contributed by atoms with Crippen LogP contribution in [0.3, 0.4) is 0 Å². The molecule has 144 valence electrons. The molecule has 5 nitrogen and oxygen atoms in total. The first-order valence-corrected chi connectivity index (χ1v) is 9.64. The van der Waals surface area contributed by atoms with Crippen molar-refractivity contribution >= 4 is 17.4 Å². The smallest absolute Gasteiger partial charge is 0.225 e. The maximum atomic E-state index is 12.2. The molecule has 27 heavy (non-hydrogen) atoms. The van der Waals surface area contributed by atoms with E-state index in [2.05, 4.69) is 57.4 Å². The van der Waals surface area contributed by atoms with Crippen LogP contribution in [0.2, 0.25) is 0 Å². The van der Waals surface area contributed by atoms with Crippen LogP contribution in [0.15, 0.2) is 42.6 Å². The van der Waals surface area contributed by atoms with Crippen LogP contribution in [0.4, 0.5) is 11.5 Å². The molecular formula is C22H30N4O. The second kappa shape index (κ2) is 7.99. The van der Waals surface area contributed by atoms with E-state index in [-0.39, 0.29) is 11.3 Å². The second-order valence-electron chi connectivity index (χ2n) is 8.18. The summed E-state index contributed by atoms with van der Waals surface area (Å²) in [6.07, 6.45) is 1.83. The Kier molecular flexibility index (Phi) is 5.68. The van der Waals surface area contributed by atoms with Gasteiger partial charge in [-0.2, -0.15) is 0 Å². The molecule has 1 fully saturated rings. The SMILES string of the molecule is Cc1ccccc1N1CCN(c2ncccc2CNC(=O)C(C)(C)C)CC1. The molecule has 0 spiro atoms. The highest BCUT2D eigenvalue weighted by atomic mass is 16.2. The number of rotatable bonds is 4. The number of para-hydroxylation sites is 1. The van der Waals surface area contributed by atoms with Crippen molar-refractivity contribution < 1.29 is 4.79 Å². The standard InChI is InChI=1S/C22H30N4O/c1-17-8-5-6-10-19(17)25-12-14-26(15-13-25)20-18(9-7-11-23-20)16-24-21(27)22(2,3)4/h5-11H,12-16H2,1-4H3,(H,24,27). The first kappa shape index (κ1) is 19.2. The van der Waals surface area contributed by atoms with Crippen LogP contribution < -0.4 is 15.1 Å². The molecule has 1 aliphatic rings. The van der Waals surface area contributed by atoms with Crippen LogP contribution in [0.1, 0.15) is 31.9 Å². The van der Waals surface area contributed by atoms with Crippen LogP contribution in [-0.4, -0.2) is 37.1 Å². The molecule has 0 bridgehead atoms. The van der Waals surface area contributed by atoms with E-state index in [0.29, 0.717) is 6.54 Å². The Hall–Kier alpha value is -2.56. The predicted octanol–water partition coefficient (Wildman–Crippen LogP) is 3.38. The number of nitrogens with one attached hydrogen (secondary N) is 1. The Balaban J connectivity index is 1.66. The monoisotopic (exact) mass is 366 g/mol. The lowest BCUT2D eigenvalue weighted by Gasteiger charge is -2.38. The fraction of sp³-hybridized carbons (Fsp3) is 0.455. The third-order valence-electron chi connectivity index (χ3n) is 5.02. The number of amides is 1. The summed E-state index contributed by atoms with van der Waals surface area (Å²) in [5.41, 5.74) is 3.31. The van der Waals surface area contributed by atoms with Crippen LogP contribution in [0.5, 0.6) is 0 Å². The number of carbonyl (C=O) groups is 1. The lowest BCUT2D eigenvalue weighted by Crippen LogP contribution is -2.47. The van der Waals surface area contributed by atoms with Crippen molar-refractivity contribution in [2.75, 3.05) is 36.0 Å². The zero-order chi connectivity index (χ0) is 19.4. The van der Waals surface area contributed by atoms with Gasteiger partial charge in [0.05, 0.1) is 0 Å². The first-order chi connectivity index (χ1) is 12.9. The summed E-state index contributed by atoms with van der Waals surface area (Å²) in [6, 6.07) is 12.5. The van der Waals surface area contributed by atoms with Gasteiger partial charge in [0.1, 0.15) is 5.82 Å². The van der Waals surface area contributed by atoms with Crippen molar-refractivity contribution in [1.82, 2.24) is 10.3 Å². The fourth-order valence-corrected chi connectivity index (χ4v) is 3.37. The van der Waals surface area contributed by atoms with Gasteiger partial charge in [0.25, 0.3) is 0 Å². The zero-order valence-corrected chi connectivity index (χ0v) is 16.8. The van der Waals surface area contributed by atoms with Crippen molar-refractivity contribution in [2.45, 2.75) is 34.2 Å². The number of pyridine rings is 1. The lowest BCUT2D eigenvalue weighted by molar-refractivity contribution is -0.128. The molecule has 0 saturated carbocycles. The summed E-state index contributed by atoms with van der Waals surface area (Å²) in [4.78, 5) is 21.6. The van der Waals surface area contributed by atoms with Gasteiger partial charge < -0.3 is 15.1 Å². The Morgan fingerprint density at radius 3 is 2.37 bits per heavy atom. The Labute approximate surface area is 162 Å². The van der Waals surface area contributed by atoms with Gasteiger partial charge in [-0.15, -0.1) is 0 Å². The summed E-state index contributed by atoms with van der Waals surface area (Å²) in [5.74, 6) is 1.04. The summed E-state index contributed by atoms with van der Waals surface area (Å²) >= 11 is 0. The number of anilines is 2. The molecule has 1 saturated heterocycles. The highest BCUT2D eigenvalue weighted by Crippen LogP contribution is 2.24. The first-order valence-electron chi connectivity index (χ1n) is 9.64. The number of piperazine rings is 1. The maximum absolute atomic E-state index is 12.2. The van der Waals surface area contributed by atoms with Gasteiger partial charge in [0, 0.05) is 55.6 Å². The van der Waals surface area contributed by atoms with Gasteiger partial charge in [-0.1, -0.05) is 45.0 Å². The molecule has 2 aromatic rings. The molecule has 1 aromatic carbocycles. The van der Waals surface area contributed by atoms with E-state index in [1.54, 1.807) is 0 Å². The van der Waals surface area contributed by atoms with Crippen LogP contribution in [-0.2, 0) is 11.3 Å². The third-order valence-corrected chi connectivity index (χ3v) is 5.02. The Morgan fingerprint density at radius 2 is 1.70 bits per heavy atom. The van der Waals surface area contributed by atoms with E-state index in [0.717, 1.165) is 37.6 Å². The zero-order valence-electron chi connectivity index (χ0n) is 16.8. The minimum Gasteiger partial charge on any atom is -0.368 e. The number of hydrogen-bond donors (Lipinski definition) is 1. The highest BCUT2D eigenvalue weighted by Gasteiger charge is 2.23. The second-order valence-corrected chi connectivity index (χ2v) is 8.18. The van der Waals surface area contributed by atoms with E-state index >= 15 is 0 Å². The summed E-state index contributed by atoms with van der Waals surface area (Å²) in [5, 5.41) is 3.04. The van der Waals surface area contributed by atoms with Crippen LogP contribution in [0, 0.1) is 12.3 Å². The molecule has 0 radical (unpaired) electrons. The van der Waals surface area contributed by atoms with E-state index in [9.17, 15) is 4.79 Å². The fourth-order valence-electron chi connectivity index (χ4n) is 3.37. The molecule has 1 aromatic heterocycles. The quantitative estimate of drug-likeness (QED) is 0.901. The Morgan fingerprint density at radius 1 is 1.04 bits per heavy atom. The number of aryl methyl sites for hydroxylation is 1. The minimum absolute atomic E-state index is 0.0571. The van der Waals surface area contributed by atoms with E-state index in [4.69, 9.17) is 0 Å². The van der Waals surface area contributed by atoms with Crippen molar-refractivity contribution in [3.05, 3.63) is 53.7 Å². The van der Waals surface area contributed by atoms with Gasteiger partial charge in [0.15, 0.2) is 0 Å². The van der Waals surface area contributed by atoms with E-state index in [1.165, 1.54) is 11.3 Å². The minimum atomic E-state index is -0.387. The van der Waals surface area contributed by atoms with Crippen molar-refractivity contribution in [3.8, 4) is 0 Å². The summed E-state index contributed by atoms with van der Waals surface area (Å²) in [6.45, 7) is 12.2. The molecule has 1 aliphatic heterocycles. The van der Waals surface area contributed by atoms with Gasteiger partial charge in [0.2, 0.25) is 5.91 Å². The Bertz CT molecular complexity index is 789. The molecule has 3 rings (SSSR count). The molecule has 0 aliphatic carbocycles. The molecule has 1 amide bonds. The number of benzene rings is 1. The largest absolute Gasteiger partial charge is 0.368 e. The number of hydrogen-bond acceptors (Lipinski definition) is 4. The summed E-state index contributed by atoms with van der Waals surface area (Å²) < 4.78 is 0. The average Bonchev–Trinajstić information content (AvgIpc) is 2.66. The topological polar surface area (TPSA) is 48.5 Å². The lowest BCUT2D eigenvalue weighted by atomic mass is 9.95.